The van der Waals surface area contributed by atoms with Crippen molar-refractivity contribution in [2.75, 3.05) is 13.1 Å². The number of benzene rings is 1. The molecule has 1 aliphatic heterocycles. The Morgan fingerprint density at radius 3 is 2.80 bits per heavy atom. The molecule has 20 heavy (non-hydrogen) atoms. The van der Waals surface area contributed by atoms with Crippen LogP contribution >= 0.6 is 0 Å². The van der Waals surface area contributed by atoms with E-state index in [-0.39, 0.29) is 5.91 Å². The van der Waals surface area contributed by atoms with Gasteiger partial charge < -0.3 is 10.6 Å². The first-order valence-corrected chi connectivity index (χ1v) is 7.81. The summed E-state index contributed by atoms with van der Waals surface area (Å²) >= 11 is 0. The molecule has 3 nitrogen and oxygen atoms in total. The van der Waals surface area contributed by atoms with Gasteiger partial charge in [-0.05, 0) is 49.1 Å². The number of rotatable bonds is 2. The third-order valence-corrected chi connectivity index (χ3v) is 5.01. The summed E-state index contributed by atoms with van der Waals surface area (Å²) in [5.41, 5.74) is 8.11. The summed E-state index contributed by atoms with van der Waals surface area (Å²) in [6.07, 6.45) is 4.30. The van der Waals surface area contributed by atoms with Crippen LogP contribution in [-0.2, 0) is 6.42 Å². The second-order valence-corrected chi connectivity index (χ2v) is 6.31. The maximum atomic E-state index is 12.7. The highest BCUT2D eigenvalue weighted by Gasteiger charge is 2.38. The van der Waals surface area contributed by atoms with Crippen LogP contribution in [0.25, 0.3) is 0 Å². The Labute approximate surface area is 121 Å². The first-order chi connectivity index (χ1) is 9.69. The Morgan fingerprint density at radius 2 is 2.00 bits per heavy atom. The fourth-order valence-corrected chi connectivity index (χ4v) is 3.84. The van der Waals surface area contributed by atoms with Gasteiger partial charge in [-0.2, -0.15) is 0 Å². The van der Waals surface area contributed by atoms with Gasteiger partial charge in [-0.25, -0.2) is 0 Å². The first kappa shape index (κ1) is 13.6. The Morgan fingerprint density at radius 1 is 1.25 bits per heavy atom. The molecule has 0 bridgehead atoms. The Balaban J connectivity index is 1.75. The lowest BCUT2D eigenvalue weighted by atomic mass is 9.79. The maximum Gasteiger partial charge on any atom is 0.254 e. The third-order valence-electron chi connectivity index (χ3n) is 5.01. The summed E-state index contributed by atoms with van der Waals surface area (Å²) in [5, 5.41) is 0. The van der Waals surface area contributed by atoms with Crippen LogP contribution in [0.15, 0.2) is 24.3 Å². The number of nitrogens with two attached hydrogens (primary N) is 1. The van der Waals surface area contributed by atoms with E-state index in [1.54, 1.807) is 0 Å². The number of nitrogens with zero attached hydrogens (tertiary/aromatic N) is 1. The predicted molar refractivity (Wildman–Crippen MR) is 80.5 cm³/mol. The Hall–Kier alpha value is -1.35. The summed E-state index contributed by atoms with van der Waals surface area (Å²) in [6, 6.07) is 8.35. The fraction of sp³-hybridized carbons (Fsp3) is 0.588. The van der Waals surface area contributed by atoms with Crippen LogP contribution < -0.4 is 5.73 Å². The summed E-state index contributed by atoms with van der Waals surface area (Å²) in [4.78, 5) is 14.8. The van der Waals surface area contributed by atoms with Crippen LogP contribution in [0.3, 0.4) is 0 Å². The van der Waals surface area contributed by atoms with Crippen LogP contribution in [0.1, 0.15) is 42.1 Å². The number of fused-ring (bicyclic) bond motifs is 1. The van der Waals surface area contributed by atoms with E-state index in [0.29, 0.717) is 17.9 Å². The van der Waals surface area contributed by atoms with Gasteiger partial charge >= 0.3 is 0 Å². The minimum atomic E-state index is 0.213. The van der Waals surface area contributed by atoms with Crippen molar-refractivity contribution in [3.8, 4) is 0 Å². The van der Waals surface area contributed by atoms with Crippen molar-refractivity contribution >= 4 is 5.91 Å². The van der Waals surface area contributed by atoms with Gasteiger partial charge in [0.2, 0.25) is 0 Å². The molecule has 0 radical (unpaired) electrons. The van der Waals surface area contributed by atoms with Gasteiger partial charge in [0.1, 0.15) is 0 Å². The molecule has 1 aromatic rings. The topological polar surface area (TPSA) is 46.3 Å². The van der Waals surface area contributed by atoms with E-state index in [9.17, 15) is 4.79 Å². The summed E-state index contributed by atoms with van der Waals surface area (Å²) in [6.45, 7) is 3.93. The Bertz CT molecular complexity index is 500. The zero-order valence-electron chi connectivity index (χ0n) is 12.2. The molecule has 1 amide bonds. The van der Waals surface area contributed by atoms with Gasteiger partial charge in [-0.1, -0.05) is 25.1 Å². The molecule has 0 spiro atoms. The van der Waals surface area contributed by atoms with Crippen LogP contribution in [0, 0.1) is 11.8 Å². The van der Waals surface area contributed by atoms with E-state index in [2.05, 4.69) is 17.9 Å². The molecule has 3 atom stereocenters. The highest BCUT2D eigenvalue weighted by Crippen LogP contribution is 2.36. The van der Waals surface area contributed by atoms with Crippen LogP contribution in [0.4, 0.5) is 0 Å². The van der Waals surface area contributed by atoms with Crippen molar-refractivity contribution < 1.29 is 4.79 Å². The molecule has 1 heterocycles. The van der Waals surface area contributed by atoms with Gasteiger partial charge in [0.05, 0.1) is 0 Å². The number of carbonyl (C=O) groups is 1. The molecular formula is C17H24N2O. The van der Waals surface area contributed by atoms with Gasteiger partial charge in [0, 0.05) is 24.7 Å². The summed E-state index contributed by atoms with van der Waals surface area (Å²) in [7, 11) is 0. The monoisotopic (exact) mass is 272 g/mol. The first-order valence-electron chi connectivity index (χ1n) is 7.81. The average Bonchev–Trinajstić information content (AvgIpc) is 2.89. The van der Waals surface area contributed by atoms with E-state index in [1.807, 2.05) is 18.2 Å². The van der Waals surface area contributed by atoms with Crippen molar-refractivity contribution in [1.29, 1.82) is 0 Å². The van der Waals surface area contributed by atoms with Crippen molar-refractivity contribution in [3.05, 3.63) is 35.4 Å². The largest absolute Gasteiger partial charge is 0.338 e. The number of hydrogen-bond acceptors (Lipinski definition) is 2. The quantitative estimate of drug-likeness (QED) is 0.899. The molecular weight excluding hydrogens is 248 g/mol. The van der Waals surface area contributed by atoms with Crippen molar-refractivity contribution in [2.24, 2.45) is 17.6 Å². The number of amides is 1. The van der Waals surface area contributed by atoms with Gasteiger partial charge in [-0.3, -0.25) is 4.79 Å². The molecule has 2 N–H and O–H groups in total. The Kier molecular flexibility index (Phi) is 3.79. The zero-order valence-corrected chi connectivity index (χ0v) is 12.2. The predicted octanol–water partition coefficient (Wildman–Crippen LogP) is 2.45. The van der Waals surface area contributed by atoms with Crippen LogP contribution in [-0.4, -0.2) is 29.9 Å². The lowest BCUT2D eigenvalue weighted by Crippen LogP contribution is -2.32. The second-order valence-electron chi connectivity index (χ2n) is 6.31. The van der Waals surface area contributed by atoms with Crippen LogP contribution in [0.5, 0.6) is 0 Å². The van der Waals surface area contributed by atoms with E-state index in [1.165, 1.54) is 6.42 Å². The van der Waals surface area contributed by atoms with Gasteiger partial charge in [0.15, 0.2) is 0 Å². The zero-order chi connectivity index (χ0) is 14.1. The molecule has 108 valence electrons. The molecule has 1 saturated heterocycles. The van der Waals surface area contributed by atoms with E-state index in [4.69, 9.17) is 5.73 Å². The second kappa shape index (κ2) is 5.57. The molecule has 1 aromatic carbocycles. The lowest BCUT2D eigenvalue weighted by molar-refractivity contribution is 0.0783. The van der Waals surface area contributed by atoms with E-state index < -0.39 is 0 Å². The normalized spacial score (nSPS) is 29.3. The molecule has 2 aliphatic rings. The van der Waals surface area contributed by atoms with E-state index in [0.717, 1.165) is 43.5 Å². The van der Waals surface area contributed by atoms with Crippen molar-refractivity contribution in [3.63, 3.8) is 0 Å². The highest BCUT2D eigenvalue weighted by atomic mass is 16.2. The molecule has 2 fully saturated rings. The smallest absolute Gasteiger partial charge is 0.254 e. The number of aryl methyl sites for hydroxylation is 1. The van der Waals surface area contributed by atoms with Gasteiger partial charge in [0.25, 0.3) is 5.91 Å². The highest BCUT2D eigenvalue weighted by molar-refractivity contribution is 5.95. The third kappa shape index (κ3) is 2.47. The van der Waals surface area contributed by atoms with Crippen molar-refractivity contribution in [2.45, 2.75) is 38.6 Å². The van der Waals surface area contributed by atoms with Crippen molar-refractivity contribution in [1.82, 2.24) is 4.90 Å². The minimum Gasteiger partial charge on any atom is -0.338 e. The summed E-state index contributed by atoms with van der Waals surface area (Å²) < 4.78 is 0. The number of carbonyl (C=O) groups excluding carboxylic acids is 1. The number of likely N-dealkylation sites (tertiary alicyclic amines) is 1. The molecule has 1 unspecified atom stereocenters. The molecule has 3 heteroatoms. The average molecular weight is 272 g/mol. The minimum absolute atomic E-state index is 0.213. The molecule has 1 saturated carbocycles. The maximum absolute atomic E-state index is 12.7. The molecule has 0 aromatic heterocycles. The summed E-state index contributed by atoms with van der Waals surface area (Å²) in [5.74, 6) is 1.51. The van der Waals surface area contributed by atoms with Gasteiger partial charge in [-0.15, -0.1) is 0 Å². The SMILES string of the molecule is CCc1ccccc1C(=O)N1C[C@H]2CCC(N)C[C@H]2C1. The molecule has 3 rings (SSSR count). The number of hydrogen-bond donors (Lipinski definition) is 1. The lowest BCUT2D eigenvalue weighted by Gasteiger charge is -2.27. The fourth-order valence-electron chi connectivity index (χ4n) is 3.84. The van der Waals surface area contributed by atoms with Crippen LogP contribution in [0.2, 0.25) is 0 Å². The molecule has 1 aliphatic carbocycles. The standard InChI is InChI=1S/C17H24N2O/c1-2-12-5-3-4-6-16(12)17(20)19-10-13-7-8-15(18)9-14(13)11-19/h3-6,13-15H,2,7-11,18H2,1H3/t13-,14+,15?/m1/s1. The van der Waals surface area contributed by atoms with E-state index >= 15 is 0 Å².